The lowest BCUT2D eigenvalue weighted by molar-refractivity contribution is -0.174. The lowest BCUT2D eigenvalue weighted by atomic mass is 9.88. The first-order chi connectivity index (χ1) is 42.6. The van der Waals surface area contributed by atoms with Crippen molar-refractivity contribution in [3.63, 3.8) is 0 Å². The molecule has 15 atom stereocenters. The third-order valence-corrected chi connectivity index (χ3v) is 16.5. The third kappa shape index (κ3) is 20.3. The first-order valence-corrected chi connectivity index (χ1v) is 31.1. The number of aliphatic hydroxyl groups excluding tert-OH is 1. The number of alkyl halides is 2. The zero-order chi connectivity index (χ0) is 69.6. The standard InChI is InChI=1S/C52H79F2N5O31P2/c1-27(2)37(55)40(65)75-24-59-36(62)17-19-58(46(59)68)44-50(13,72)42(84-32(9)60)52(21-54,88-44)23-78-91(73,80-25-76-38(63)28(3)4)81-26-77-39(64)30(7)14-15-31(8)83-48(70)86-34(11)90-92(74,89-33(10)85-47(69)82-29(5)6)79-22-51(20-53)41(66)49(12,71)43(87-51)57-18-16-35(61)56-45(57)67/h16-19,27-31,33-34,37,41-44,66,71-72H,14-15,20-26,55H2,1-13H3,(H,56,61,67). The number of esters is 4. The van der Waals surface area contributed by atoms with Crippen LogP contribution in [0.3, 0.4) is 0 Å². The van der Waals surface area contributed by atoms with Gasteiger partial charge in [-0.15, -0.1) is 0 Å². The quantitative estimate of drug-likeness (QED) is 0.0291. The number of aliphatic hydroxyl groups is 3. The normalized spacial score (nSPS) is 26.0. The number of nitrogens with zero attached hydrogens (tertiary/aromatic N) is 3. The third-order valence-electron chi connectivity index (χ3n) is 13.6. The van der Waals surface area contributed by atoms with Gasteiger partial charge in [0.15, 0.2) is 36.5 Å². The van der Waals surface area contributed by atoms with Gasteiger partial charge in [-0.05, 0) is 67.2 Å². The average molecular weight is 1370 g/mol. The molecule has 0 radical (unpaired) electrons. The minimum atomic E-state index is -5.33. The first-order valence-electron chi connectivity index (χ1n) is 28.2. The van der Waals surface area contributed by atoms with Crippen LogP contribution in [0, 0.1) is 17.8 Å². The summed E-state index contributed by atoms with van der Waals surface area (Å²) < 4.78 is 144. The van der Waals surface area contributed by atoms with Crippen LogP contribution in [-0.4, -0.2) is 176 Å². The molecule has 92 heavy (non-hydrogen) atoms. The lowest BCUT2D eigenvalue weighted by Crippen LogP contribution is -2.55. The Labute approximate surface area is 523 Å². The Morgan fingerprint density at radius 3 is 1.74 bits per heavy atom. The number of carbonyl (C=O) groups excluding carboxylic acids is 6. The van der Waals surface area contributed by atoms with Gasteiger partial charge in [0.05, 0.1) is 31.2 Å². The molecule has 40 heteroatoms. The second-order valence-corrected chi connectivity index (χ2v) is 25.7. The molecule has 2 saturated heterocycles. The van der Waals surface area contributed by atoms with E-state index < -0.39 is 217 Å². The fourth-order valence-electron chi connectivity index (χ4n) is 8.58. The molecule has 2 aliphatic heterocycles. The maximum atomic E-state index is 15.6. The SMILES string of the molecule is CC(=O)OC1C(CF)(COP(=O)(OCOC(=O)C(C)C)OCOC(=O)C(C)CCC(C)OC(=O)OC(C)OP(=O)(OCC2(CF)OC(n3ccc(=O)[nH]c3=O)C(C)(O)C2O)OC(C)OC(=O)OC(C)C)OC(n2ccc(=O)n(COC(=O)C(N)C(C)C)c2=O)C1(C)O. The van der Waals surface area contributed by atoms with E-state index in [0.29, 0.717) is 13.7 Å². The number of hydrogen-bond donors (Lipinski definition) is 5. The molecule has 0 bridgehead atoms. The lowest BCUT2D eigenvalue weighted by Gasteiger charge is -2.34. The molecule has 2 fully saturated rings. The highest BCUT2D eigenvalue weighted by atomic mass is 31.2. The van der Waals surface area contributed by atoms with Gasteiger partial charge < -0.3 is 68.4 Å². The Bertz CT molecular complexity index is 3250. The smallest absolute Gasteiger partial charge is 0.456 e. The second-order valence-electron chi connectivity index (χ2n) is 22.5. The largest absolute Gasteiger partial charge is 0.510 e. The number of carbonyl (C=O) groups is 6. The van der Waals surface area contributed by atoms with Crippen LogP contribution in [0.4, 0.5) is 18.4 Å². The molecular formula is C52H79F2N5O31P2. The molecule has 2 aromatic heterocycles. The predicted octanol–water partition coefficient (Wildman–Crippen LogP) is 2.50. The Morgan fingerprint density at radius 1 is 0.685 bits per heavy atom. The summed E-state index contributed by atoms with van der Waals surface area (Å²) in [6, 6.07) is 0.513. The molecule has 2 aromatic rings. The number of halogens is 2. The van der Waals surface area contributed by atoms with Crippen LogP contribution in [0.1, 0.15) is 115 Å². The second kappa shape index (κ2) is 32.6. The van der Waals surface area contributed by atoms with Gasteiger partial charge in [0, 0.05) is 31.5 Å². The van der Waals surface area contributed by atoms with Crippen LogP contribution < -0.4 is 28.2 Å². The van der Waals surface area contributed by atoms with Gasteiger partial charge in [-0.3, -0.25) is 51.9 Å². The summed E-state index contributed by atoms with van der Waals surface area (Å²) in [6.45, 7) is 6.95. The topological polar surface area (TPSA) is 470 Å². The van der Waals surface area contributed by atoms with Crippen molar-refractivity contribution in [1.82, 2.24) is 18.7 Å². The summed E-state index contributed by atoms with van der Waals surface area (Å²) >= 11 is 0. The number of phosphoric acid groups is 2. The van der Waals surface area contributed by atoms with Crippen molar-refractivity contribution in [2.24, 2.45) is 23.5 Å². The zero-order valence-corrected chi connectivity index (χ0v) is 54.2. The van der Waals surface area contributed by atoms with Gasteiger partial charge in [-0.25, -0.2) is 59.8 Å². The molecule has 0 saturated carbocycles. The number of ether oxygens (including phenoxy) is 10. The van der Waals surface area contributed by atoms with Crippen LogP contribution in [-0.2, 0) is 110 Å². The van der Waals surface area contributed by atoms with E-state index in [9.17, 15) is 72.4 Å². The fraction of sp³-hybridized carbons (Fsp3) is 0.731. The molecule has 0 aliphatic carbocycles. The van der Waals surface area contributed by atoms with E-state index in [0.717, 1.165) is 59.1 Å². The van der Waals surface area contributed by atoms with Crippen LogP contribution in [0.25, 0.3) is 0 Å². The van der Waals surface area contributed by atoms with E-state index in [2.05, 4.69) is 0 Å². The number of aromatic nitrogens is 4. The van der Waals surface area contributed by atoms with E-state index >= 15 is 8.78 Å². The van der Waals surface area contributed by atoms with Gasteiger partial charge in [0.25, 0.3) is 11.1 Å². The number of aromatic amines is 1. The monoisotopic (exact) mass is 1370 g/mol. The van der Waals surface area contributed by atoms with Crippen LogP contribution in [0.15, 0.2) is 43.7 Å². The molecular weight excluding hydrogens is 1290 g/mol. The van der Waals surface area contributed by atoms with Crippen molar-refractivity contribution in [3.8, 4) is 0 Å². The summed E-state index contributed by atoms with van der Waals surface area (Å²) in [6.07, 6.45) is -15.4. The maximum Gasteiger partial charge on any atom is 0.510 e. The first kappa shape index (κ1) is 78.1. The molecule has 36 nitrogen and oxygen atoms in total. The van der Waals surface area contributed by atoms with Crippen molar-refractivity contribution in [2.45, 2.75) is 187 Å². The predicted molar refractivity (Wildman–Crippen MR) is 301 cm³/mol. The number of rotatable bonds is 34. The van der Waals surface area contributed by atoms with Crippen molar-refractivity contribution in [2.75, 3.05) is 40.1 Å². The van der Waals surface area contributed by atoms with E-state index in [-0.39, 0.29) is 12.8 Å². The summed E-state index contributed by atoms with van der Waals surface area (Å²) in [5.74, 6) is -6.30. The number of H-pyrrole nitrogens is 1. The molecule has 4 rings (SSSR count). The molecule has 0 amide bonds. The number of nitrogens with two attached hydrogens (primary N) is 1. The molecule has 2 aliphatic rings. The molecule has 4 heterocycles. The summed E-state index contributed by atoms with van der Waals surface area (Å²) in [5, 5.41) is 34.3. The van der Waals surface area contributed by atoms with Crippen LogP contribution in [0.5, 0.6) is 0 Å². The molecule has 15 unspecified atom stereocenters. The maximum absolute atomic E-state index is 15.6. The van der Waals surface area contributed by atoms with Gasteiger partial charge in [-0.1, -0.05) is 34.6 Å². The Morgan fingerprint density at radius 2 is 1.21 bits per heavy atom. The zero-order valence-electron chi connectivity index (χ0n) is 52.4. The minimum absolute atomic E-state index is 0.129. The minimum Gasteiger partial charge on any atom is -0.456 e. The van der Waals surface area contributed by atoms with Gasteiger partial charge in [0.1, 0.15) is 42.8 Å². The van der Waals surface area contributed by atoms with Crippen molar-refractivity contribution >= 4 is 51.8 Å². The number of hydrogen-bond acceptors (Lipinski definition) is 32. The van der Waals surface area contributed by atoms with Gasteiger partial charge in [-0.2, -0.15) is 0 Å². The van der Waals surface area contributed by atoms with Gasteiger partial charge >= 0.3 is 63.2 Å². The Balaban J connectivity index is 1.44. The van der Waals surface area contributed by atoms with E-state index in [4.69, 9.17) is 80.2 Å². The molecule has 0 spiro atoms. The average Bonchev–Trinajstić information content (AvgIpc) is 1.58. The Hall–Kier alpha value is -6.38. The molecule has 0 aromatic carbocycles. The van der Waals surface area contributed by atoms with E-state index in [1.54, 1.807) is 13.8 Å². The van der Waals surface area contributed by atoms with Crippen molar-refractivity contribution in [3.05, 3.63) is 66.2 Å². The van der Waals surface area contributed by atoms with Crippen molar-refractivity contribution < 1.29 is 137 Å². The summed E-state index contributed by atoms with van der Waals surface area (Å²) in [7, 11) is -10.6. The molecule has 522 valence electrons. The summed E-state index contributed by atoms with van der Waals surface area (Å²) in [5.41, 5.74) is -9.01. The highest BCUT2D eigenvalue weighted by molar-refractivity contribution is 7.48. The number of nitrogens with one attached hydrogen (secondary N) is 1. The van der Waals surface area contributed by atoms with E-state index in [1.165, 1.54) is 41.5 Å². The highest BCUT2D eigenvalue weighted by Crippen LogP contribution is 2.56. The Kier molecular flexibility index (Phi) is 27.7. The van der Waals surface area contributed by atoms with Crippen LogP contribution >= 0.6 is 15.6 Å². The van der Waals surface area contributed by atoms with E-state index in [1.807, 2.05) is 4.98 Å². The number of phosphoric ester groups is 2. The fourth-order valence-corrected chi connectivity index (χ4v) is 10.9. The molecule has 6 N–H and O–H groups in total. The van der Waals surface area contributed by atoms with Crippen LogP contribution in [0.2, 0.25) is 0 Å². The van der Waals surface area contributed by atoms with Gasteiger partial charge in [0.2, 0.25) is 26.2 Å². The van der Waals surface area contributed by atoms with Crippen molar-refractivity contribution in [1.29, 1.82) is 0 Å². The summed E-state index contributed by atoms with van der Waals surface area (Å²) in [4.78, 5) is 128. The highest BCUT2D eigenvalue weighted by Gasteiger charge is 2.66.